The average molecular weight is 146 g/mol. The van der Waals surface area contributed by atoms with E-state index < -0.39 is 0 Å². The third-order valence-electron chi connectivity index (χ3n) is 1.10. The lowest BCUT2D eigenvalue weighted by Gasteiger charge is -1.99. The van der Waals surface area contributed by atoms with Crippen molar-refractivity contribution in [2.45, 2.75) is 41.0 Å². The Morgan fingerprint density at radius 3 is 2.20 bits per heavy atom. The van der Waals surface area contributed by atoms with Crippen LogP contribution in [0.4, 0.5) is 0 Å². The Morgan fingerprint density at radius 1 is 1.40 bits per heavy atom. The molecule has 0 heterocycles. The van der Waals surface area contributed by atoms with Gasteiger partial charge in [0, 0.05) is 6.42 Å². The Morgan fingerprint density at radius 2 is 1.90 bits per heavy atom. The van der Waals surface area contributed by atoms with E-state index in [2.05, 4.69) is 13.5 Å². The molecule has 0 fully saturated rings. The molecular weight excluding hydrogens is 124 g/mol. The number of methoxy groups -OCH3 is 1. The highest BCUT2D eigenvalue weighted by Gasteiger charge is 1.87. The summed E-state index contributed by atoms with van der Waals surface area (Å²) in [6, 6.07) is 0. The van der Waals surface area contributed by atoms with Gasteiger partial charge in [0.15, 0.2) is 0 Å². The van der Waals surface area contributed by atoms with Gasteiger partial charge in [-0.05, 0) is 6.42 Å². The van der Waals surface area contributed by atoms with Crippen LogP contribution < -0.4 is 0 Å². The molecule has 0 aliphatic heterocycles. The first-order valence-corrected chi connectivity index (χ1v) is 3.03. The number of hydrogen-bond donors (Lipinski definition) is 0. The molecule has 0 amide bonds. The van der Waals surface area contributed by atoms with E-state index >= 15 is 0 Å². The maximum absolute atomic E-state index is 4.86. The highest BCUT2D eigenvalue weighted by Crippen LogP contribution is 2.03. The summed E-state index contributed by atoms with van der Waals surface area (Å²) in [6.45, 7) is 5.84. The lowest BCUT2D eigenvalue weighted by Crippen LogP contribution is -1.82. The summed E-state index contributed by atoms with van der Waals surface area (Å²) in [5.74, 6) is 0.895. The summed E-state index contributed by atoms with van der Waals surface area (Å²) < 4.78 is 4.86. The van der Waals surface area contributed by atoms with Gasteiger partial charge in [-0.15, -0.1) is 0 Å². The lowest BCUT2D eigenvalue weighted by atomic mass is 10.2. The summed E-state index contributed by atoms with van der Waals surface area (Å²) in [4.78, 5) is 0. The van der Waals surface area contributed by atoms with E-state index in [4.69, 9.17) is 4.74 Å². The standard InChI is InChI=1S/C7H14O.2CH4/c1-4-5-6-7(2)8-3;;/h2,4-6H2,1,3H3;2*1H4. The second-order valence-electron chi connectivity index (χ2n) is 1.85. The molecule has 10 heavy (non-hydrogen) atoms. The minimum absolute atomic E-state index is 0. The Kier molecular flexibility index (Phi) is 18.5. The van der Waals surface area contributed by atoms with Gasteiger partial charge in [0.05, 0.1) is 12.9 Å². The first-order chi connectivity index (χ1) is 3.81. The summed E-state index contributed by atoms with van der Waals surface area (Å²) in [6.07, 6.45) is 3.40. The maximum atomic E-state index is 4.86. The Labute approximate surface area is 66.1 Å². The molecule has 0 atom stereocenters. The van der Waals surface area contributed by atoms with Gasteiger partial charge in [-0.25, -0.2) is 0 Å². The van der Waals surface area contributed by atoms with E-state index in [9.17, 15) is 0 Å². The van der Waals surface area contributed by atoms with Crippen molar-refractivity contribution < 1.29 is 4.74 Å². The zero-order valence-corrected chi connectivity index (χ0v) is 5.74. The van der Waals surface area contributed by atoms with E-state index in [1.165, 1.54) is 12.8 Å². The summed E-state index contributed by atoms with van der Waals surface area (Å²) in [7, 11) is 1.66. The fraction of sp³-hybridized carbons (Fsp3) is 0.778. The molecule has 0 saturated carbocycles. The predicted octanol–water partition coefficient (Wildman–Crippen LogP) is 3.61. The van der Waals surface area contributed by atoms with Crippen molar-refractivity contribution in [3.05, 3.63) is 12.3 Å². The van der Waals surface area contributed by atoms with Crippen LogP contribution in [0.5, 0.6) is 0 Å². The summed E-state index contributed by atoms with van der Waals surface area (Å²) in [5.41, 5.74) is 0. The molecule has 0 rings (SSSR count). The van der Waals surface area contributed by atoms with E-state index in [-0.39, 0.29) is 14.9 Å². The van der Waals surface area contributed by atoms with Gasteiger partial charge < -0.3 is 4.74 Å². The van der Waals surface area contributed by atoms with Crippen LogP contribution in [0.2, 0.25) is 0 Å². The molecule has 0 aliphatic rings. The first-order valence-electron chi connectivity index (χ1n) is 3.03. The molecule has 0 aliphatic carbocycles. The molecule has 0 radical (unpaired) electrons. The van der Waals surface area contributed by atoms with Crippen LogP contribution in [-0.2, 0) is 4.74 Å². The second-order valence-corrected chi connectivity index (χ2v) is 1.85. The molecule has 0 aromatic carbocycles. The van der Waals surface area contributed by atoms with E-state index in [1.807, 2.05) is 0 Å². The smallest absolute Gasteiger partial charge is 0.0883 e. The SMILES string of the molecule is C.C.C=C(CCCC)OC. The van der Waals surface area contributed by atoms with Crippen LogP contribution in [0.1, 0.15) is 41.0 Å². The van der Waals surface area contributed by atoms with Crippen LogP contribution in [-0.4, -0.2) is 7.11 Å². The second kappa shape index (κ2) is 11.4. The van der Waals surface area contributed by atoms with Gasteiger partial charge in [0.2, 0.25) is 0 Å². The van der Waals surface area contributed by atoms with Crippen molar-refractivity contribution in [2.24, 2.45) is 0 Å². The fourth-order valence-electron chi connectivity index (χ4n) is 0.476. The quantitative estimate of drug-likeness (QED) is 0.550. The number of ether oxygens (including phenoxy) is 1. The molecule has 0 aromatic rings. The number of unbranched alkanes of at least 4 members (excludes halogenated alkanes) is 1. The predicted molar refractivity (Wildman–Crippen MR) is 49.1 cm³/mol. The van der Waals surface area contributed by atoms with Crippen molar-refractivity contribution >= 4 is 0 Å². The minimum Gasteiger partial charge on any atom is -0.502 e. The fourth-order valence-corrected chi connectivity index (χ4v) is 0.476. The Balaban J connectivity index is -0.000000245. The summed E-state index contributed by atoms with van der Waals surface area (Å²) in [5, 5.41) is 0. The molecular formula is C9H22O. The van der Waals surface area contributed by atoms with E-state index in [0.717, 1.165) is 12.2 Å². The largest absolute Gasteiger partial charge is 0.502 e. The van der Waals surface area contributed by atoms with Crippen LogP contribution in [0, 0.1) is 0 Å². The maximum Gasteiger partial charge on any atom is 0.0883 e. The highest BCUT2D eigenvalue weighted by atomic mass is 16.5. The van der Waals surface area contributed by atoms with Crippen LogP contribution in [0.15, 0.2) is 12.3 Å². The molecule has 1 nitrogen and oxygen atoms in total. The number of allylic oxidation sites excluding steroid dienone is 1. The Bertz CT molecular complexity index is 67.1. The molecule has 0 saturated heterocycles. The number of hydrogen-bond acceptors (Lipinski definition) is 1. The van der Waals surface area contributed by atoms with Crippen molar-refractivity contribution in [2.75, 3.05) is 7.11 Å². The van der Waals surface area contributed by atoms with Gasteiger partial charge in [-0.2, -0.15) is 0 Å². The molecule has 0 N–H and O–H groups in total. The minimum atomic E-state index is 0. The average Bonchev–Trinajstić information content (AvgIpc) is 1.83. The third kappa shape index (κ3) is 10.5. The molecule has 0 unspecified atom stereocenters. The van der Waals surface area contributed by atoms with Crippen LogP contribution >= 0.6 is 0 Å². The van der Waals surface area contributed by atoms with Crippen molar-refractivity contribution in [3.8, 4) is 0 Å². The molecule has 1 heteroatoms. The van der Waals surface area contributed by atoms with Crippen LogP contribution in [0.25, 0.3) is 0 Å². The number of rotatable bonds is 4. The normalized spacial score (nSPS) is 7.00. The first kappa shape index (κ1) is 16.3. The zero-order valence-electron chi connectivity index (χ0n) is 5.74. The van der Waals surface area contributed by atoms with E-state index in [0.29, 0.717) is 0 Å². The molecule has 0 spiro atoms. The van der Waals surface area contributed by atoms with Gasteiger partial charge in [0.1, 0.15) is 0 Å². The topological polar surface area (TPSA) is 9.23 Å². The molecule has 0 bridgehead atoms. The summed E-state index contributed by atoms with van der Waals surface area (Å²) >= 11 is 0. The third-order valence-corrected chi connectivity index (χ3v) is 1.10. The van der Waals surface area contributed by atoms with Crippen LogP contribution in [0.3, 0.4) is 0 Å². The highest BCUT2D eigenvalue weighted by molar-refractivity contribution is 4.80. The van der Waals surface area contributed by atoms with Gasteiger partial charge >= 0.3 is 0 Å². The Hall–Kier alpha value is -0.460. The van der Waals surface area contributed by atoms with Crippen molar-refractivity contribution in [1.29, 1.82) is 0 Å². The van der Waals surface area contributed by atoms with Gasteiger partial charge in [-0.1, -0.05) is 34.8 Å². The van der Waals surface area contributed by atoms with Gasteiger partial charge in [-0.3, -0.25) is 0 Å². The van der Waals surface area contributed by atoms with Gasteiger partial charge in [0.25, 0.3) is 0 Å². The lowest BCUT2D eigenvalue weighted by molar-refractivity contribution is 0.277. The molecule has 0 aromatic heterocycles. The monoisotopic (exact) mass is 146 g/mol. The van der Waals surface area contributed by atoms with Crippen molar-refractivity contribution in [1.82, 2.24) is 0 Å². The molecule has 64 valence electrons. The van der Waals surface area contributed by atoms with Crippen molar-refractivity contribution in [3.63, 3.8) is 0 Å². The van der Waals surface area contributed by atoms with E-state index in [1.54, 1.807) is 7.11 Å². The zero-order chi connectivity index (χ0) is 6.41.